The van der Waals surface area contributed by atoms with Gasteiger partial charge in [0.2, 0.25) is 5.88 Å². The highest BCUT2D eigenvalue weighted by atomic mass is 32.2. The standard InChI is InChI=1S/C40H53N3O8S/c1-27(2)35-33(39(42-41-35)51-40-38(47)37(46)36(45)34(24-44)52-40)23-31-14-15-32(22-28(31)3)50-21-18-43(16-19-48-25-29-10-6-4-7-11-29)17-20-49-26-30-12-8-5-9-13-30/h4-15,22,27,34,36-38,40,44-47H,16-21,23-26H2,1-3H3,(H,41,42)/t34-,36-,37+,38-,40-/m1/s1. The third kappa shape index (κ3) is 11.3. The summed E-state index contributed by atoms with van der Waals surface area (Å²) in [5.41, 5.74) is 5.25. The van der Waals surface area contributed by atoms with E-state index in [1.807, 2.05) is 61.5 Å². The SMILES string of the molecule is Cc1cc(OCCN(CCOCc2ccccc2)CCOCc2ccccc2)ccc1Cc1c(O[C@@H]2S[C@H](CO)[C@@H](O)[C@H](O)[C@H]2O)n[nH]c1C(C)C. The highest BCUT2D eigenvalue weighted by molar-refractivity contribution is 8.00. The first kappa shape index (κ1) is 39.7. The first-order chi connectivity index (χ1) is 25.2. The van der Waals surface area contributed by atoms with Gasteiger partial charge in [-0.1, -0.05) is 80.6 Å². The fourth-order valence-corrected chi connectivity index (χ4v) is 7.29. The van der Waals surface area contributed by atoms with Crippen molar-refractivity contribution < 1.29 is 39.4 Å². The summed E-state index contributed by atoms with van der Waals surface area (Å²) in [4.78, 5) is 2.30. The van der Waals surface area contributed by atoms with Crippen LogP contribution in [0.1, 0.15) is 53.3 Å². The second-order valence-electron chi connectivity index (χ2n) is 13.4. The average molecular weight is 736 g/mol. The predicted octanol–water partition coefficient (Wildman–Crippen LogP) is 4.44. The third-order valence-electron chi connectivity index (χ3n) is 9.20. The number of H-pyrrole nitrogens is 1. The van der Waals surface area contributed by atoms with Gasteiger partial charge in [-0.05, 0) is 47.2 Å². The van der Waals surface area contributed by atoms with Crippen LogP contribution >= 0.6 is 11.8 Å². The Hall–Kier alpha value is -3.46. The molecule has 282 valence electrons. The van der Waals surface area contributed by atoms with Crippen molar-refractivity contribution in [2.24, 2.45) is 0 Å². The number of hydrogen-bond acceptors (Lipinski definition) is 11. The number of ether oxygens (including phenoxy) is 4. The number of hydrogen-bond donors (Lipinski definition) is 5. The fraction of sp³-hybridized carbons (Fsp3) is 0.475. The summed E-state index contributed by atoms with van der Waals surface area (Å²) in [7, 11) is 0. The van der Waals surface area contributed by atoms with Crippen LogP contribution in [0.15, 0.2) is 78.9 Å². The number of nitrogens with one attached hydrogen (secondary N) is 1. The number of nitrogens with zero attached hydrogens (tertiary/aromatic N) is 2. The molecule has 5 N–H and O–H groups in total. The van der Waals surface area contributed by atoms with E-state index in [1.54, 1.807) is 0 Å². The molecule has 4 aromatic rings. The van der Waals surface area contributed by atoms with Crippen molar-refractivity contribution in [3.63, 3.8) is 0 Å². The van der Waals surface area contributed by atoms with Crippen LogP contribution in [0.5, 0.6) is 11.6 Å². The molecule has 0 saturated carbocycles. The zero-order valence-corrected chi connectivity index (χ0v) is 31.1. The molecule has 0 radical (unpaired) electrons. The number of aryl methyl sites for hydroxylation is 1. The summed E-state index contributed by atoms with van der Waals surface area (Å²) in [6, 6.07) is 26.4. The number of rotatable bonds is 20. The van der Waals surface area contributed by atoms with E-state index in [0.717, 1.165) is 64.1 Å². The number of aliphatic hydroxyl groups excluding tert-OH is 4. The van der Waals surface area contributed by atoms with Crippen LogP contribution < -0.4 is 9.47 Å². The third-order valence-corrected chi connectivity index (χ3v) is 10.6. The van der Waals surface area contributed by atoms with Crippen molar-refractivity contribution in [1.82, 2.24) is 15.1 Å². The molecule has 52 heavy (non-hydrogen) atoms. The van der Waals surface area contributed by atoms with Crippen LogP contribution in [-0.4, -0.2) is 111 Å². The summed E-state index contributed by atoms with van der Waals surface area (Å²) in [6.07, 6.45) is -3.54. The van der Waals surface area contributed by atoms with E-state index in [4.69, 9.17) is 18.9 Å². The molecule has 1 aliphatic rings. The molecule has 5 atom stereocenters. The number of aromatic amines is 1. The van der Waals surface area contributed by atoms with Crippen LogP contribution in [0, 0.1) is 6.92 Å². The Morgan fingerprint density at radius 1 is 0.808 bits per heavy atom. The van der Waals surface area contributed by atoms with Gasteiger partial charge < -0.3 is 39.4 Å². The maximum atomic E-state index is 10.6. The van der Waals surface area contributed by atoms with E-state index in [0.29, 0.717) is 51.9 Å². The Kier molecular flexibility index (Phi) is 15.4. The second kappa shape index (κ2) is 20.1. The smallest absolute Gasteiger partial charge is 0.237 e. The largest absolute Gasteiger partial charge is 0.492 e. The van der Waals surface area contributed by atoms with E-state index >= 15 is 0 Å². The molecule has 1 aromatic heterocycles. The average Bonchev–Trinajstić information content (AvgIpc) is 3.55. The van der Waals surface area contributed by atoms with Crippen LogP contribution in [0.25, 0.3) is 0 Å². The maximum Gasteiger partial charge on any atom is 0.237 e. The van der Waals surface area contributed by atoms with Gasteiger partial charge >= 0.3 is 0 Å². The monoisotopic (exact) mass is 735 g/mol. The molecule has 1 saturated heterocycles. The Labute approximate surface area is 310 Å². The summed E-state index contributed by atoms with van der Waals surface area (Å²) in [5, 5.41) is 47.7. The van der Waals surface area contributed by atoms with Crippen LogP contribution in [0.2, 0.25) is 0 Å². The Morgan fingerprint density at radius 3 is 2.00 bits per heavy atom. The van der Waals surface area contributed by atoms with Gasteiger partial charge in [0.15, 0.2) is 5.44 Å². The lowest BCUT2D eigenvalue weighted by Gasteiger charge is -2.38. The molecule has 0 aliphatic carbocycles. The summed E-state index contributed by atoms with van der Waals surface area (Å²) in [5.74, 6) is 1.22. The van der Waals surface area contributed by atoms with Gasteiger partial charge in [0.1, 0.15) is 24.6 Å². The molecular formula is C40H53N3O8S. The lowest BCUT2D eigenvalue weighted by molar-refractivity contribution is -0.0915. The lowest BCUT2D eigenvalue weighted by atomic mass is 9.97. The molecule has 5 rings (SSSR count). The molecule has 1 fully saturated rings. The fourth-order valence-electron chi connectivity index (χ4n) is 6.07. The zero-order valence-electron chi connectivity index (χ0n) is 30.3. The topological polar surface area (TPSA) is 150 Å². The molecule has 12 heteroatoms. The molecule has 1 aliphatic heterocycles. The summed E-state index contributed by atoms with van der Waals surface area (Å²) in [6.45, 7) is 10.9. The Morgan fingerprint density at radius 2 is 1.42 bits per heavy atom. The van der Waals surface area contributed by atoms with Crippen molar-refractivity contribution in [2.75, 3.05) is 46.1 Å². The molecule has 0 unspecified atom stereocenters. The van der Waals surface area contributed by atoms with Gasteiger partial charge in [-0.25, -0.2) is 0 Å². The predicted molar refractivity (Wildman–Crippen MR) is 202 cm³/mol. The normalized spacial score (nSPS) is 20.4. The van der Waals surface area contributed by atoms with Gasteiger partial charge in [-0.2, -0.15) is 0 Å². The quantitative estimate of drug-likeness (QED) is 0.0821. The van der Waals surface area contributed by atoms with Crippen molar-refractivity contribution in [3.05, 3.63) is 112 Å². The van der Waals surface area contributed by atoms with Gasteiger partial charge in [-0.15, -0.1) is 16.9 Å². The van der Waals surface area contributed by atoms with Crippen molar-refractivity contribution in [2.45, 2.75) is 75.3 Å². The Balaban J connectivity index is 1.17. The number of aliphatic hydroxyl groups is 4. The van der Waals surface area contributed by atoms with Gasteiger partial charge in [-0.3, -0.25) is 10.00 Å². The second-order valence-corrected chi connectivity index (χ2v) is 14.8. The highest BCUT2D eigenvalue weighted by Gasteiger charge is 2.45. The van der Waals surface area contributed by atoms with Crippen molar-refractivity contribution >= 4 is 11.8 Å². The van der Waals surface area contributed by atoms with E-state index in [2.05, 4.69) is 53.2 Å². The number of aromatic nitrogens is 2. The van der Waals surface area contributed by atoms with Crippen LogP contribution in [0.3, 0.4) is 0 Å². The molecule has 0 bridgehead atoms. The lowest BCUT2D eigenvalue weighted by Crippen LogP contribution is -2.55. The molecule has 11 nitrogen and oxygen atoms in total. The van der Waals surface area contributed by atoms with Gasteiger partial charge in [0.25, 0.3) is 0 Å². The minimum atomic E-state index is -1.45. The van der Waals surface area contributed by atoms with Crippen LogP contribution in [0.4, 0.5) is 0 Å². The number of thioether (sulfide) groups is 1. The van der Waals surface area contributed by atoms with Crippen molar-refractivity contribution in [1.29, 1.82) is 0 Å². The summed E-state index contributed by atoms with van der Waals surface area (Å²) >= 11 is 1.08. The van der Waals surface area contributed by atoms with E-state index < -0.39 is 29.0 Å². The maximum absolute atomic E-state index is 10.6. The van der Waals surface area contributed by atoms with E-state index in [9.17, 15) is 20.4 Å². The van der Waals surface area contributed by atoms with E-state index in [-0.39, 0.29) is 12.5 Å². The molecule has 0 amide bonds. The Bertz CT molecular complexity index is 1580. The number of benzene rings is 3. The molecule has 2 heterocycles. The van der Waals surface area contributed by atoms with Crippen molar-refractivity contribution in [3.8, 4) is 11.6 Å². The summed E-state index contributed by atoms with van der Waals surface area (Å²) < 4.78 is 24.3. The van der Waals surface area contributed by atoms with Crippen LogP contribution in [-0.2, 0) is 29.1 Å². The van der Waals surface area contributed by atoms with Gasteiger partial charge in [0.05, 0.1) is 44.4 Å². The highest BCUT2D eigenvalue weighted by Crippen LogP contribution is 2.37. The minimum absolute atomic E-state index is 0.125. The first-order valence-electron chi connectivity index (χ1n) is 18.0. The molecule has 3 aromatic carbocycles. The minimum Gasteiger partial charge on any atom is -0.492 e. The molecular weight excluding hydrogens is 683 g/mol. The zero-order chi connectivity index (χ0) is 36.9. The first-order valence-corrected chi connectivity index (χ1v) is 18.9. The van der Waals surface area contributed by atoms with E-state index in [1.165, 1.54) is 0 Å². The van der Waals surface area contributed by atoms with Gasteiger partial charge in [0, 0.05) is 37.3 Å². The molecule has 0 spiro atoms.